The second-order valence-electron chi connectivity index (χ2n) is 12.3. The van der Waals surface area contributed by atoms with Crippen LogP contribution in [0.25, 0.3) is 0 Å². The maximum Gasteiger partial charge on any atom is 0.128 e. The first-order valence-corrected chi connectivity index (χ1v) is 13.6. The van der Waals surface area contributed by atoms with Crippen molar-refractivity contribution in [2.75, 3.05) is 0 Å². The van der Waals surface area contributed by atoms with Crippen LogP contribution >= 0.6 is 0 Å². The largest absolute Gasteiger partial charge is 0.507 e. The number of aromatic hydroxyl groups is 2. The van der Waals surface area contributed by atoms with E-state index < -0.39 is 0 Å². The summed E-state index contributed by atoms with van der Waals surface area (Å²) >= 11 is 0. The zero-order chi connectivity index (χ0) is 26.7. The molecular weight excluding hydrogens is 444 g/mol. The Labute approximate surface area is 218 Å². The molecule has 4 heteroatoms. The van der Waals surface area contributed by atoms with E-state index in [-0.39, 0.29) is 22.9 Å². The van der Waals surface area contributed by atoms with Crippen LogP contribution in [-0.4, -0.2) is 34.7 Å². The summed E-state index contributed by atoms with van der Waals surface area (Å²) in [6.45, 7) is 17.0. The molecule has 2 N–H and O–H groups in total. The minimum absolute atomic E-state index is 0.0661. The maximum absolute atomic E-state index is 11.0. The summed E-state index contributed by atoms with van der Waals surface area (Å²) in [5, 5.41) is 22.0. The highest BCUT2D eigenvalue weighted by Crippen LogP contribution is 2.36. The summed E-state index contributed by atoms with van der Waals surface area (Å²) in [4.78, 5) is 9.92. The van der Waals surface area contributed by atoms with Crippen LogP contribution in [0.2, 0.25) is 0 Å². The van der Waals surface area contributed by atoms with Gasteiger partial charge in [-0.15, -0.1) is 0 Å². The highest BCUT2D eigenvalue weighted by molar-refractivity contribution is 5.86. The molecule has 1 fully saturated rings. The van der Waals surface area contributed by atoms with E-state index in [1.165, 1.54) is 11.1 Å². The molecule has 0 aliphatic heterocycles. The quantitative estimate of drug-likeness (QED) is 0.408. The zero-order valence-corrected chi connectivity index (χ0v) is 23.7. The third-order valence-corrected chi connectivity index (χ3v) is 7.34. The Kier molecular flexibility index (Phi) is 8.69. The molecule has 0 unspecified atom stereocenters. The number of phenols is 2. The Hall–Kier alpha value is -2.62. The van der Waals surface area contributed by atoms with Gasteiger partial charge < -0.3 is 10.2 Å². The van der Waals surface area contributed by atoms with Gasteiger partial charge in [0, 0.05) is 34.7 Å². The first-order valence-electron chi connectivity index (χ1n) is 13.6. The van der Waals surface area contributed by atoms with Gasteiger partial charge in [0.15, 0.2) is 0 Å². The molecule has 1 saturated carbocycles. The van der Waals surface area contributed by atoms with Crippen LogP contribution < -0.4 is 0 Å². The molecule has 36 heavy (non-hydrogen) atoms. The van der Waals surface area contributed by atoms with Crippen LogP contribution in [0.15, 0.2) is 34.3 Å². The van der Waals surface area contributed by atoms with Crippen LogP contribution in [0.4, 0.5) is 0 Å². The normalized spacial score (nSPS) is 19.4. The van der Waals surface area contributed by atoms with Crippen LogP contribution in [0.3, 0.4) is 0 Å². The van der Waals surface area contributed by atoms with E-state index in [1.807, 2.05) is 12.4 Å². The second-order valence-corrected chi connectivity index (χ2v) is 12.3. The number of hydrogen-bond acceptors (Lipinski definition) is 4. The lowest BCUT2D eigenvalue weighted by Gasteiger charge is -2.26. The van der Waals surface area contributed by atoms with Gasteiger partial charge in [-0.3, -0.25) is 9.98 Å². The summed E-state index contributed by atoms with van der Waals surface area (Å²) in [6, 6.07) is 8.47. The molecule has 2 atom stereocenters. The molecule has 0 heterocycles. The molecule has 196 valence electrons. The van der Waals surface area contributed by atoms with Gasteiger partial charge in [0.2, 0.25) is 0 Å². The molecule has 0 bridgehead atoms. The lowest BCUT2D eigenvalue weighted by Crippen LogP contribution is -2.27. The monoisotopic (exact) mass is 490 g/mol. The van der Waals surface area contributed by atoms with Crippen molar-refractivity contribution in [3.63, 3.8) is 0 Å². The van der Waals surface area contributed by atoms with Crippen molar-refractivity contribution >= 4 is 12.4 Å². The fraction of sp³-hybridized carbons (Fsp3) is 0.562. The first kappa shape index (κ1) is 28.0. The van der Waals surface area contributed by atoms with E-state index >= 15 is 0 Å². The summed E-state index contributed by atoms with van der Waals surface area (Å²) in [5.74, 6) is 0.658. The maximum atomic E-state index is 11.0. The number of rotatable bonds is 6. The fourth-order valence-electron chi connectivity index (χ4n) is 4.98. The second kappa shape index (κ2) is 11.2. The van der Waals surface area contributed by atoms with Crippen LogP contribution in [0, 0.1) is 0 Å². The van der Waals surface area contributed by atoms with Crippen molar-refractivity contribution in [1.29, 1.82) is 0 Å². The molecule has 1 aliphatic rings. The Balaban J connectivity index is 1.92. The van der Waals surface area contributed by atoms with E-state index in [0.29, 0.717) is 11.5 Å². The van der Waals surface area contributed by atoms with Gasteiger partial charge in [-0.2, -0.15) is 0 Å². The third kappa shape index (κ3) is 6.57. The summed E-state index contributed by atoms with van der Waals surface area (Å²) < 4.78 is 0. The smallest absolute Gasteiger partial charge is 0.128 e. The lowest BCUT2D eigenvalue weighted by atomic mass is 9.83. The number of phenolic OH excluding ortho intramolecular Hbond substituents is 2. The van der Waals surface area contributed by atoms with E-state index in [9.17, 15) is 10.2 Å². The number of aliphatic imine (C=N–C) groups is 2. The number of hydrogen-bond donors (Lipinski definition) is 2. The average molecular weight is 491 g/mol. The van der Waals surface area contributed by atoms with Gasteiger partial charge in [0.1, 0.15) is 11.5 Å². The molecule has 0 aromatic heterocycles. The van der Waals surface area contributed by atoms with Gasteiger partial charge in [0.05, 0.1) is 12.1 Å². The van der Waals surface area contributed by atoms with Crippen LogP contribution in [0.1, 0.15) is 114 Å². The summed E-state index contributed by atoms with van der Waals surface area (Å²) in [7, 11) is 0. The SMILES string of the molecule is CCc1cc(C=N[C@@H]2CCCC[C@H]2N=Cc2cc(CC)cc(C(C)(C)C)c2O)c(O)c(C(C)(C)C)c1. The average Bonchev–Trinajstić information content (AvgIpc) is 2.81. The number of nitrogens with zero attached hydrogens (tertiary/aromatic N) is 2. The minimum atomic E-state index is -0.142. The molecule has 2 aromatic carbocycles. The molecule has 2 aromatic rings. The highest BCUT2D eigenvalue weighted by atomic mass is 16.3. The van der Waals surface area contributed by atoms with E-state index in [4.69, 9.17) is 9.98 Å². The van der Waals surface area contributed by atoms with Crippen molar-refractivity contribution in [1.82, 2.24) is 0 Å². The van der Waals surface area contributed by atoms with Gasteiger partial charge in [-0.25, -0.2) is 0 Å². The standard InChI is InChI=1S/C32H46N2O2/c1-9-21-15-23(29(35)25(17-21)31(3,4)5)19-33-27-13-11-12-14-28(27)34-20-24-16-22(10-2)18-26(30(24)36)32(6,7)8/h15-20,27-28,35-36H,9-14H2,1-8H3/t27-,28-/m1/s1. The lowest BCUT2D eigenvalue weighted by molar-refractivity contribution is 0.390. The fourth-order valence-corrected chi connectivity index (χ4v) is 4.98. The first-order chi connectivity index (χ1) is 16.8. The third-order valence-electron chi connectivity index (χ3n) is 7.34. The van der Waals surface area contributed by atoms with Gasteiger partial charge in [-0.05, 0) is 59.8 Å². The van der Waals surface area contributed by atoms with Crippen molar-refractivity contribution in [2.45, 2.75) is 117 Å². The van der Waals surface area contributed by atoms with E-state index in [1.54, 1.807) is 0 Å². The molecule has 0 amide bonds. The molecule has 4 nitrogen and oxygen atoms in total. The van der Waals surface area contributed by atoms with Crippen molar-refractivity contribution in [2.24, 2.45) is 9.98 Å². The van der Waals surface area contributed by atoms with Gasteiger partial charge in [0.25, 0.3) is 0 Å². The molecule has 0 spiro atoms. The Morgan fingerprint density at radius 3 is 1.36 bits per heavy atom. The molecular formula is C32H46N2O2. The van der Waals surface area contributed by atoms with E-state index in [0.717, 1.165) is 60.8 Å². The highest BCUT2D eigenvalue weighted by Gasteiger charge is 2.25. The Morgan fingerprint density at radius 2 is 1.06 bits per heavy atom. The summed E-state index contributed by atoms with van der Waals surface area (Å²) in [6.07, 6.45) is 9.76. The number of aryl methyl sites for hydroxylation is 2. The van der Waals surface area contributed by atoms with Crippen molar-refractivity contribution in [3.05, 3.63) is 57.6 Å². The summed E-state index contributed by atoms with van der Waals surface area (Å²) in [5.41, 5.74) is 5.63. The molecule has 1 aliphatic carbocycles. The number of benzene rings is 2. The molecule has 0 radical (unpaired) electrons. The van der Waals surface area contributed by atoms with Crippen LogP contribution in [0.5, 0.6) is 11.5 Å². The van der Waals surface area contributed by atoms with Crippen molar-refractivity contribution in [3.8, 4) is 11.5 Å². The predicted octanol–water partition coefficient (Wildman–Crippen LogP) is 7.67. The van der Waals surface area contributed by atoms with Gasteiger partial charge >= 0.3 is 0 Å². The van der Waals surface area contributed by atoms with E-state index in [2.05, 4.69) is 79.7 Å². The Bertz CT molecular complexity index is 1030. The van der Waals surface area contributed by atoms with Crippen molar-refractivity contribution < 1.29 is 10.2 Å². The van der Waals surface area contributed by atoms with Crippen LogP contribution in [-0.2, 0) is 23.7 Å². The molecule has 3 rings (SSSR count). The Morgan fingerprint density at radius 1 is 0.694 bits per heavy atom. The topological polar surface area (TPSA) is 65.2 Å². The minimum Gasteiger partial charge on any atom is -0.507 e. The zero-order valence-electron chi connectivity index (χ0n) is 23.7. The molecule has 0 saturated heterocycles. The van der Waals surface area contributed by atoms with Gasteiger partial charge in [-0.1, -0.05) is 80.4 Å². The predicted molar refractivity (Wildman–Crippen MR) is 154 cm³/mol.